The first kappa shape index (κ1) is 33.1. The summed E-state index contributed by atoms with van der Waals surface area (Å²) in [7, 11) is 0. The van der Waals surface area contributed by atoms with Gasteiger partial charge in [0.25, 0.3) is 5.91 Å². The predicted octanol–water partition coefficient (Wildman–Crippen LogP) is 6.08. The highest BCUT2D eigenvalue weighted by Crippen LogP contribution is 2.38. The minimum Gasteiger partial charge on any atom is -0.460 e. The van der Waals surface area contributed by atoms with Crippen LogP contribution in [0.2, 0.25) is 5.02 Å². The molecule has 0 unspecified atom stereocenters. The average molecular weight is 688 g/mol. The van der Waals surface area contributed by atoms with Crippen LogP contribution in [0.4, 0.5) is 14.6 Å². The quantitative estimate of drug-likeness (QED) is 0.171. The fourth-order valence-corrected chi connectivity index (χ4v) is 7.57. The number of hydrogen-bond acceptors (Lipinski definition) is 8. The summed E-state index contributed by atoms with van der Waals surface area (Å²) in [4.78, 5) is 35.8. The van der Waals surface area contributed by atoms with Gasteiger partial charge >= 0.3 is 6.01 Å². The first-order valence-electron chi connectivity index (χ1n) is 16.6. The second kappa shape index (κ2) is 14.2. The maximum Gasteiger partial charge on any atom is 0.319 e. The van der Waals surface area contributed by atoms with Gasteiger partial charge in [-0.3, -0.25) is 14.7 Å². The molecule has 3 fully saturated rings. The molecule has 7 rings (SSSR count). The number of aromatic nitrogens is 3. The molecular formula is C36H36ClF2N7O3. The number of fused-ring (bicyclic) bond motifs is 2. The van der Waals surface area contributed by atoms with Crippen LogP contribution in [0.5, 0.6) is 6.01 Å². The van der Waals surface area contributed by atoms with E-state index in [1.807, 2.05) is 29.2 Å². The van der Waals surface area contributed by atoms with Crippen LogP contribution in [0.3, 0.4) is 0 Å². The summed E-state index contributed by atoms with van der Waals surface area (Å²) in [6.07, 6.45) is 4.96. The van der Waals surface area contributed by atoms with Crippen molar-refractivity contribution in [3.63, 3.8) is 0 Å². The summed E-state index contributed by atoms with van der Waals surface area (Å²) >= 11 is 6.61. The number of benzene rings is 2. The fraction of sp³-hybridized carbons (Fsp3) is 0.417. The fourth-order valence-electron chi connectivity index (χ4n) is 7.29. The van der Waals surface area contributed by atoms with Crippen molar-refractivity contribution in [1.29, 1.82) is 0 Å². The van der Waals surface area contributed by atoms with Gasteiger partial charge in [0.2, 0.25) is 6.54 Å². The Bertz CT molecular complexity index is 1940. The summed E-state index contributed by atoms with van der Waals surface area (Å²) in [6, 6.07) is 10.9. The first-order valence-corrected chi connectivity index (χ1v) is 17.0. The van der Waals surface area contributed by atoms with Crippen LogP contribution in [0.1, 0.15) is 25.7 Å². The van der Waals surface area contributed by atoms with Gasteiger partial charge in [0, 0.05) is 74.1 Å². The number of piperidine rings is 1. The number of hydrogen-bond donors (Lipinski definition) is 0. The molecule has 1 amide bonds. The third kappa shape index (κ3) is 6.63. The maximum absolute atomic E-state index is 16.8. The van der Waals surface area contributed by atoms with Gasteiger partial charge in [-0.2, -0.15) is 9.97 Å². The SMILES string of the molecule is [C-]#[N+]C[C@H]1CN(c2nc(OC3CCN(C4CCOCC4)CC3)nc3c(F)c(-c4cccc5cccc(Cl)c45)ncc23)CCN1C(=O)C(=C)F. The normalized spacial score (nSPS) is 19.7. The highest BCUT2D eigenvalue weighted by atomic mass is 35.5. The smallest absolute Gasteiger partial charge is 0.319 e. The number of pyridine rings is 1. The summed E-state index contributed by atoms with van der Waals surface area (Å²) < 4.78 is 42.6. The molecular weight excluding hydrogens is 652 g/mol. The van der Waals surface area contributed by atoms with Crippen LogP contribution in [0, 0.1) is 12.4 Å². The molecule has 1 atom stereocenters. The van der Waals surface area contributed by atoms with Gasteiger partial charge in [0.15, 0.2) is 11.6 Å². The zero-order valence-corrected chi connectivity index (χ0v) is 27.7. The lowest BCUT2D eigenvalue weighted by atomic mass is 10.0. The number of carbonyl (C=O) groups excluding carboxylic acids is 1. The number of piperazine rings is 1. The standard InChI is InChI=1S/C36H36ClF2N7O3/c1-22(38)35(47)46-16-15-45(21-25(46)19-40-2)34-28-20-41-32(27-7-3-5-23-6-4-8-29(37)30(23)27)31(39)33(28)42-36(43-34)49-26-9-13-44(14-10-26)24-11-17-48-18-12-24/h3-8,20,24-26H,1,9-19,21H2/t25-/m0/s1. The summed E-state index contributed by atoms with van der Waals surface area (Å²) in [5, 5.41) is 2.35. The highest BCUT2D eigenvalue weighted by Gasteiger charge is 2.36. The van der Waals surface area contributed by atoms with Crippen molar-refractivity contribution >= 4 is 45.0 Å². The van der Waals surface area contributed by atoms with Crippen molar-refractivity contribution < 1.29 is 23.0 Å². The summed E-state index contributed by atoms with van der Waals surface area (Å²) in [5.41, 5.74) is 0.654. The Labute approximate surface area is 288 Å². The Hall–Kier alpha value is -4.44. The molecule has 0 spiro atoms. The molecule has 0 radical (unpaired) electrons. The van der Waals surface area contributed by atoms with Crippen LogP contribution in [-0.4, -0.2) is 101 Å². The van der Waals surface area contributed by atoms with Crippen molar-refractivity contribution in [3.05, 3.63) is 77.3 Å². The molecule has 2 aromatic heterocycles. The Morgan fingerprint density at radius 2 is 1.84 bits per heavy atom. The van der Waals surface area contributed by atoms with Gasteiger partial charge in [-0.05, 0) is 37.1 Å². The van der Waals surface area contributed by atoms with Crippen LogP contribution in [0.25, 0.3) is 37.8 Å². The molecule has 0 bridgehead atoms. The number of nitrogens with zero attached hydrogens (tertiary/aromatic N) is 7. The number of halogens is 3. The summed E-state index contributed by atoms with van der Waals surface area (Å²) in [5.74, 6) is -2.20. The van der Waals surface area contributed by atoms with E-state index in [1.165, 1.54) is 4.90 Å². The van der Waals surface area contributed by atoms with Gasteiger partial charge in [-0.25, -0.2) is 15.4 Å². The third-order valence-corrected chi connectivity index (χ3v) is 10.1. The van der Waals surface area contributed by atoms with E-state index in [0.29, 0.717) is 33.2 Å². The van der Waals surface area contributed by atoms with E-state index in [-0.39, 0.29) is 49.5 Å². The molecule has 2 aromatic carbocycles. The topological polar surface area (TPSA) is 88.3 Å². The van der Waals surface area contributed by atoms with Gasteiger partial charge in [-0.1, -0.05) is 48.5 Å². The van der Waals surface area contributed by atoms with Crippen molar-refractivity contribution in [2.45, 2.75) is 43.9 Å². The molecule has 254 valence electrons. The lowest BCUT2D eigenvalue weighted by Crippen LogP contribution is -2.56. The van der Waals surface area contributed by atoms with E-state index < -0.39 is 23.6 Å². The van der Waals surface area contributed by atoms with Crippen LogP contribution >= 0.6 is 11.6 Å². The Balaban J connectivity index is 1.26. The van der Waals surface area contributed by atoms with E-state index in [1.54, 1.807) is 18.3 Å². The van der Waals surface area contributed by atoms with E-state index in [2.05, 4.69) is 26.3 Å². The molecule has 3 aliphatic rings. The average Bonchev–Trinajstić information content (AvgIpc) is 3.12. The highest BCUT2D eigenvalue weighted by molar-refractivity contribution is 6.36. The van der Waals surface area contributed by atoms with Crippen LogP contribution in [0.15, 0.2) is 55.0 Å². The van der Waals surface area contributed by atoms with Crippen molar-refractivity contribution in [3.8, 4) is 17.3 Å². The minimum atomic E-state index is -1.08. The molecule has 4 aromatic rings. The van der Waals surface area contributed by atoms with E-state index in [9.17, 15) is 9.18 Å². The predicted molar refractivity (Wildman–Crippen MR) is 184 cm³/mol. The van der Waals surface area contributed by atoms with E-state index >= 15 is 4.39 Å². The molecule has 3 aliphatic heterocycles. The van der Waals surface area contributed by atoms with Crippen LogP contribution < -0.4 is 9.64 Å². The second-order valence-electron chi connectivity index (χ2n) is 12.7. The molecule has 13 heteroatoms. The second-order valence-corrected chi connectivity index (χ2v) is 13.1. The lowest BCUT2D eigenvalue weighted by Gasteiger charge is -2.40. The van der Waals surface area contributed by atoms with Gasteiger partial charge in [0.05, 0.1) is 5.39 Å². The van der Waals surface area contributed by atoms with Crippen LogP contribution in [-0.2, 0) is 9.53 Å². The Morgan fingerprint density at radius 1 is 1.08 bits per heavy atom. The number of amides is 1. The molecule has 0 aliphatic carbocycles. The van der Waals surface area contributed by atoms with Gasteiger partial charge in [-0.15, -0.1) is 0 Å². The maximum atomic E-state index is 16.8. The number of carbonyl (C=O) groups is 1. The Kier molecular flexibility index (Phi) is 9.58. The number of anilines is 1. The van der Waals surface area contributed by atoms with Gasteiger partial charge < -0.3 is 24.1 Å². The zero-order valence-electron chi connectivity index (χ0n) is 27.0. The number of likely N-dealkylation sites (tertiary alicyclic amines) is 1. The molecule has 3 saturated heterocycles. The molecule has 49 heavy (non-hydrogen) atoms. The molecule has 0 saturated carbocycles. The lowest BCUT2D eigenvalue weighted by molar-refractivity contribution is -0.131. The third-order valence-electron chi connectivity index (χ3n) is 9.79. The monoisotopic (exact) mass is 687 g/mol. The number of rotatable bonds is 7. The Morgan fingerprint density at radius 3 is 2.57 bits per heavy atom. The minimum absolute atomic E-state index is 0.0334. The number of ether oxygens (including phenoxy) is 2. The van der Waals surface area contributed by atoms with Crippen molar-refractivity contribution in [1.82, 2.24) is 24.8 Å². The van der Waals surface area contributed by atoms with E-state index in [4.69, 9.17) is 32.6 Å². The summed E-state index contributed by atoms with van der Waals surface area (Å²) in [6.45, 7) is 14.4. The van der Waals surface area contributed by atoms with E-state index in [0.717, 1.165) is 57.4 Å². The zero-order chi connectivity index (χ0) is 34.1. The van der Waals surface area contributed by atoms with Crippen molar-refractivity contribution in [2.24, 2.45) is 0 Å². The molecule has 0 N–H and O–H groups in total. The first-order chi connectivity index (χ1) is 23.8. The molecule has 5 heterocycles. The van der Waals surface area contributed by atoms with Gasteiger partial charge in [0.1, 0.15) is 29.2 Å². The van der Waals surface area contributed by atoms with Crippen molar-refractivity contribution in [2.75, 3.05) is 57.4 Å². The largest absolute Gasteiger partial charge is 0.460 e. The molecule has 10 nitrogen and oxygen atoms in total.